The molecular weight excluding hydrogens is 274 g/mol. The first-order valence-corrected chi connectivity index (χ1v) is 7.44. The SMILES string of the molecule is Cc1cc(N=C(N)CCl)ccc1NC(=O)C1CCCC1. The van der Waals surface area contributed by atoms with Gasteiger partial charge >= 0.3 is 0 Å². The van der Waals surface area contributed by atoms with E-state index in [1.54, 1.807) is 0 Å². The van der Waals surface area contributed by atoms with Gasteiger partial charge in [-0.2, -0.15) is 0 Å². The predicted octanol–water partition coefficient (Wildman–Crippen LogP) is 3.35. The van der Waals surface area contributed by atoms with Gasteiger partial charge in [0.2, 0.25) is 5.91 Å². The lowest BCUT2D eigenvalue weighted by molar-refractivity contribution is -0.119. The molecule has 0 radical (unpaired) electrons. The highest BCUT2D eigenvalue weighted by Gasteiger charge is 2.22. The summed E-state index contributed by atoms with van der Waals surface area (Å²) in [5.41, 5.74) is 8.16. The number of nitrogens with one attached hydrogen (secondary N) is 1. The van der Waals surface area contributed by atoms with Crippen molar-refractivity contribution < 1.29 is 4.79 Å². The number of hydrogen-bond acceptors (Lipinski definition) is 2. The number of nitrogens with zero attached hydrogens (tertiary/aromatic N) is 1. The van der Waals surface area contributed by atoms with E-state index in [2.05, 4.69) is 10.3 Å². The van der Waals surface area contributed by atoms with Gasteiger partial charge in [-0.05, 0) is 43.5 Å². The van der Waals surface area contributed by atoms with Crippen LogP contribution in [0.25, 0.3) is 0 Å². The first-order chi connectivity index (χ1) is 9.60. The van der Waals surface area contributed by atoms with E-state index in [1.165, 1.54) is 0 Å². The third-order valence-electron chi connectivity index (χ3n) is 3.60. The summed E-state index contributed by atoms with van der Waals surface area (Å²) in [5, 5.41) is 3.00. The standard InChI is InChI=1S/C15H20ClN3O/c1-10-8-12(18-14(17)9-16)6-7-13(10)19-15(20)11-4-2-3-5-11/h6-8,11H,2-5,9H2,1H3,(H2,17,18)(H,19,20). The summed E-state index contributed by atoms with van der Waals surface area (Å²) in [6.45, 7) is 1.94. The Morgan fingerprint density at radius 3 is 2.75 bits per heavy atom. The van der Waals surface area contributed by atoms with Crippen LogP contribution in [0.5, 0.6) is 0 Å². The Labute approximate surface area is 124 Å². The highest BCUT2D eigenvalue weighted by atomic mass is 35.5. The van der Waals surface area contributed by atoms with E-state index in [-0.39, 0.29) is 17.7 Å². The van der Waals surface area contributed by atoms with Gasteiger partial charge in [0.1, 0.15) is 5.84 Å². The number of amides is 1. The number of carbonyl (C=O) groups is 1. The van der Waals surface area contributed by atoms with Crippen LogP contribution in [0.2, 0.25) is 0 Å². The smallest absolute Gasteiger partial charge is 0.227 e. The summed E-state index contributed by atoms with van der Waals surface area (Å²) >= 11 is 5.60. The summed E-state index contributed by atoms with van der Waals surface area (Å²) in [7, 11) is 0. The van der Waals surface area contributed by atoms with E-state index < -0.39 is 0 Å². The van der Waals surface area contributed by atoms with Gasteiger partial charge < -0.3 is 11.1 Å². The van der Waals surface area contributed by atoms with Crippen molar-refractivity contribution in [3.05, 3.63) is 23.8 Å². The maximum absolute atomic E-state index is 12.1. The minimum atomic E-state index is 0.127. The van der Waals surface area contributed by atoms with Gasteiger partial charge in [-0.25, -0.2) is 4.99 Å². The molecular formula is C15H20ClN3O. The van der Waals surface area contributed by atoms with Gasteiger partial charge in [0, 0.05) is 11.6 Å². The zero-order valence-corrected chi connectivity index (χ0v) is 12.4. The van der Waals surface area contributed by atoms with Crippen LogP contribution < -0.4 is 11.1 Å². The van der Waals surface area contributed by atoms with E-state index in [9.17, 15) is 4.79 Å². The second-order valence-electron chi connectivity index (χ2n) is 5.21. The molecule has 0 bridgehead atoms. The van der Waals surface area contributed by atoms with Crippen molar-refractivity contribution in [3.8, 4) is 0 Å². The number of aliphatic imine (C=N–C) groups is 1. The van der Waals surface area contributed by atoms with Crippen molar-refractivity contribution in [1.29, 1.82) is 0 Å². The lowest BCUT2D eigenvalue weighted by atomic mass is 10.1. The molecule has 108 valence electrons. The monoisotopic (exact) mass is 293 g/mol. The summed E-state index contributed by atoms with van der Waals surface area (Å²) in [6.07, 6.45) is 4.31. The van der Waals surface area contributed by atoms with Crippen LogP contribution in [0.1, 0.15) is 31.2 Å². The number of hydrogen-bond donors (Lipinski definition) is 2. The van der Waals surface area contributed by atoms with Crippen LogP contribution in [0.15, 0.2) is 23.2 Å². The quantitative estimate of drug-likeness (QED) is 0.508. The molecule has 2 rings (SSSR count). The number of carbonyl (C=O) groups excluding carboxylic acids is 1. The van der Waals surface area contributed by atoms with E-state index in [4.69, 9.17) is 17.3 Å². The highest BCUT2D eigenvalue weighted by molar-refractivity contribution is 6.28. The second-order valence-corrected chi connectivity index (χ2v) is 5.47. The minimum Gasteiger partial charge on any atom is -0.386 e. The molecule has 1 aliphatic rings. The predicted molar refractivity (Wildman–Crippen MR) is 83.8 cm³/mol. The topological polar surface area (TPSA) is 67.5 Å². The van der Waals surface area contributed by atoms with Crippen LogP contribution >= 0.6 is 11.6 Å². The van der Waals surface area contributed by atoms with Crippen molar-refractivity contribution in [2.45, 2.75) is 32.6 Å². The largest absolute Gasteiger partial charge is 0.386 e. The molecule has 0 aliphatic heterocycles. The molecule has 1 aromatic rings. The van der Waals surface area contributed by atoms with Gasteiger partial charge in [0.05, 0.1) is 11.6 Å². The Morgan fingerprint density at radius 1 is 1.45 bits per heavy atom. The van der Waals surface area contributed by atoms with Crippen molar-refractivity contribution >= 4 is 34.7 Å². The molecule has 20 heavy (non-hydrogen) atoms. The van der Waals surface area contributed by atoms with Crippen molar-refractivity contribution in [1.82, 2.24) is 0 Å². The van der Waals surface area contributed by atoms with E-state index in [0.29, 0.717) is 5.84 Å². The molecule has 0 atom stereocenters. The number of aryl methyl sites for hydroxylation is 1. The molecule has 3 N–H and O–H groups in total. The first-order valence-electron chi connectivity index (χ1n) is 6.90. The van der Waals surface area contributed by atoms with Crippen LogP contribution in [0, 0.1) is 12.8 Å². The normalized spacial score (nSPS) is 16.4. The number of halogens is 1. The third-order valence-corrected chi connectivity index (χ3v) is 3.88. The Balaban J connectivity index is 2.07. The minimum absolute atomic E-state index is 0.127. The first kappa shape index (κ1) is 14.9. The van der Waals surface area contributed by atoms with Gasteiger partial charge in [0.15, 0.2) is 0 Å². The summed E-state index contributed by atoms with van der Waals surface area (Å²) < 4.78 is 0. The number of amidine groups is 1. The maximum Gasteiger partial charge on any atom is 0.227 e. The number of anilines is 1. The average molecular weight is 294 g/mol. The second kappa shape index (κ2) is 6.75. The fourth-order valence-electron chi connectivity index (χ4n) is 2.48. The molecule has 0 saturated heterocycles. The zero-order valence-electron chi connectivity index (χ0n) is 11.7. The van der Waals surface area contributed by atoms with Crippen LogP contribution in [-0.2, 0) is 4.79 Å². The molecule has 5 heteroatoms. The summed E-state index contributed by atoms with van der Waals surface area (Å²) in [5.74, 6) is 0.883. The van der Waals surface area contributed by atoms with E-state index in [1.807, 2.05) is 25.1 Å². The molecule has 0 heterocycles. The average Bonchev–Trinajstić information content (AvgIpc) is 2.95. The van der Waals surface area contributed by atoms with Crippen LogP contribution in [0.4, 0.5) is 11.4 Å². The fraction of sp³-hybridized carbons (Fsp3) is 0.467. The van der Waals surface area contributed by atoms with Gasteiger partial charge in [0.25, 0.3) is 0 Å². The van der Waals surface area contributed by atoms with Crippen molar-refractivity contribution in [2.75, 3.05) is 11.2 Å². The van der Waals surface area contributed by atoms with Crippen LogP contribution in [0.3, 0.4) is 0 Å². The lowest BCUT2D eigenvalue weighted by Gasteiger charge is -2.12. The molecule has 1 amide bonds. The Hall–Kier alpha value is -1.55. The summed E-state index contributed by atoms with van der Waals surface area (Å²) in [6, 6.07) is 5.59. The molecule has 0 aromatic heterocycles. The Kier molecular flexibility index (Phi) is 5.01. The maximum atomic E-state index is 12.1. The molecule has 1 fully saturated rings. The third kappa shape index (κ3) is 3.73. The number of rotatable bonds is 4. The zero-order chi connectivity index (χ0) is 14.5. The number of benzene rings is 1. The van der Waals surface area contributed by atoms with Gasteiger partial charge in [-0.3, -0.25) is 4.79 Å². The van der Waals surface area contributed by atoms with E-state index >= 15 is 0 Å². The molecule has 0 unspecified atom stereocenters. The van der Waals surface area contributed by atoms with Gasteiger partial charge in [-0.15, -0.1) is 11.6 Å². The fourth-order valence-corrected chi connectivity index (χ4v) is 2.54. The Morgan fingerprint density at radius 2 is 2.15 bits per heavy atom. The highest BCUT2D eigenvalue weighted by Crippen LogP contribution is 2.27. The molecule has 0 spiro atoms. The van der Waals surface area contributed by atoms with Gasteiger partial charge in [-0.1, -0.05) is 12.8 Å². The summed E-state index contributed by atoms with van der Waals surface area (Å²) in [4.78, 5) is 16.3. The number of alkyl halides is 1. The number of nitrogens with two attached hydrogens (primary N) is 1. The molecule has 1 aliphatic carbocycles. The lowest BCUT2D eigenvalue weighted by Crippen LogP contribution is -2.20. The Bertz CT molecular complexity index is 522. The molecule has 4 nitrogen and oxygen atoms in total. The van der Waals surface area contributed by atoms with E-state index in [0.717, 1.165) is 42.6 Å². The van der Waals surface area contributed by atoms with Crippen molar-refractivity contribution in [3.63, 3.8) is 0 Å². The van der Waals surface area contributed by atoms with Crippen LogP contribution in [-0.4, -0.2) is 17.6 Å². The molecule has 1 saturated carbocycles. The van der Waals surface area contributed by atoms with Crippen molar-refractivity contribution in [2.24, 2.45) is 16.6 Å². The molecule has 1 aromatic carbocycles.